The van der Waals surface area contributed by atoms with Crippen LogP contribution in [0.5, 0.6) is 0 Å². The van der Waals surface area contributed by atoms with Crippen molar-refractivity contribution >= 4 is 10.0 Å². The zero-order chi connectivity index (χ0) is 16.6. The highest BCUT2D eigenvalue weighted by molar-refractivity contribution is 7.89. The lowest BCUT2D eigenvalue weighted by Gasteiger charge is -2.17. The average Bonchev–Trinajstić information content (AvgIpc) is 3.13. The van der Waals surface area contributed by atoms with E-state index in [1.807, 2.05) is 6.07 Å². The molecule has 1 aliphatic heterocycles. The van der Waals surface area contributed by atoms with Crippen LogP contribution >= 0.6 is 0 Å². The maximum absolute atomic E-state index is 12.9. The van der Waals surface area contributed by atoms with Crippen molar-refractivity contribution in [3.05, 3.63) is 41.7 Å². The van der Waals surface area contributed by atoms with Crippen molar-refractivity contribution in [3.8, 4) is 0 Å². The van der Waals surface area contributed by atoms with Gasteiger partial charge < -0.3 is 4.74 Å². The molecule has 0 unspecified atom stereocenters. The first kappa shape index (κ1) is 16.1. The van der Waals surface area contributed by atoms with Gasteiger partial charge in [0, 0.05) is 39.4 Å². The summed E-state index contributed by atoms with van der Waals surface area (Å²) in [5.41, 5.74) is 1.49. The number of hydrogen-bond acceptors (Lipinski definition) is 5. The summed E-state index contributed by atoms with van der Waals surface area (Å²) in [5.74, 6) is -0.118. The number of aromatic nitrogens is 3. The molecule has 2 atom stereocenters. The minimum atomic E-state index is -3.55. The zero-order valence-electron chi connectivity index (χ0n) is 13.4. The van der Waals surface area contributed by atoms with E-state index >= 15 is 0 Å². The Morgan fingerprint density at radius 3 is 2.61 bits per heavy atom. The molecule has 8 heteroatoms. The molecule has 1 fully saturated rings. The van der Waals surface area contributed by atoms with Gasteiger partial charge >= 0.3 is 0 Å². The number of nitrogens with zero attached hydrogens (tertiary/aromatic N) is 4. The Hall–Kier alpha value is -1.77. The average molecular weight is 336 g/mol. The van der Waals surface area contributed by atoms with Crippen molar-refractivity contribution in [3.63, 3.8) is 0 Å². The lowest BCUT2D eigenvalue weighted by atomic mass is 10.0. The van der Waals surface area contributed by atoms with E-state index in [4.69, 9.17) is 4.74 Å². The summed E-state index contributed by atoms with van der Waals surface area (Å²) in [6, 6.07) is 7.02. The first-order valence-corrected chi connectivity index (χ1v) is 8.82. The van der Waals surface area contributed by atoms with Crippen LogP contribution in [0, 0.1) is 6.92 Å². The molecule has 2 aromatic rings. The van der Waals surface area contributed by atoms with Crippen LogP contribution in [-0.4, -0.2) is 54.0 Å². The van der Waals surface area contributed by atoms with Gasteiger partial charge in [0.05, 0.1) is 16.7 Å². The van der Waals surface area contributed by atoms with Gasteiger partial charge in [-0.1, -0.05) is 23.4 Å². The first-order chi connectivity index (χ1) is 10.9. The predicted octanol–water partition coefficient (Wildman–Crippen LogP) is 0.927. The Bertz CT molecular complexity index is 803. The second kappa shape index (κ2) is 6.03. The number of hydrogen-bond donors (Lipinski definition) is 0. The fourth-order valence-electron chi connectivity index (χ4n) is 2.98. The summed E-state index contributed by atoms with van der Waals surface area (Å²) in [6.45, 7) is 2.46. The highest BCUT2D eigenvalue weighted by atomic mass is 32.2. The normalized spacial score (nSPS) is 22.6. The number of aryl methyl sites for hydroxylation is 2. The van der Waals surface area contributed by atoms with Gasteiger partial charge in [0.25, 0.3) is 0 Å². The molecule has 23 heavy (non-hydrogen) atoms. The molecule has 124 valence electrons. The van der Waals surface area contributed by atoms with Gasteiger partial charge in [-0.15, -0.1) is 5.10 Å². The standard InChI is InChI=1S/C15H20N4O3S/c1-11-6-4-5-7-15(11)23(20,21)19-8-12(14(10-19)22-3)13-9-18(2)17-16-13/h4-7,9,12,14H,8,10H2,1-3H3/t12-,14+/m0/s1. The highest BCUT2D eigenvalue weighted by Crippen LogP contribution is 2.32. The molecule has 0 spiro atoms. The van der Waals surface area contributed by atoms with Gasteiger partial charge in [-0.2, -0.15) is 4.31 Å². The molecule has 0 radical (unpaired) electrons. The Balaban J connectivity index is 1.92. The van der Waals surface area contributed by atoms with Crippen molar-refractivity contribution in [1.82, 2.24) is 19.3 Å². The Kier molecular flexibility index (Phi) is 4.22. The van der Waals surface area contributed by atoms with Crippen LogP contribution in [0.2, 0.25) is 0 Å². The van der Waals surface area contributed by atoms with E-state index in [1.165, 1.54) is 4.31 Å². The molecule has 0 saturated carbocycles. The molecule has 1 aromatic heterocycles. The predicted molar refractivity (Wildman–Crippen MR) is 84.5 cm³/mol. The maximum Gasteiger partial charge on any atom is 0.243 e. The summed E-state index contributed by atoms with van der Waals surface area (Å²) < 4.78 is 34.4. The topological polar surface area (TPSA) is 77.3 Å². The third-order valence-corrected chi connectivity index (χ3v) is 6.24. The molecule has 0 N–H and O–H groups in total. The Morgan fingerprint density at radius 1 is 1.26 bits per heavy atom. The van der Waals surface area contributed by atoms with Gasteiger partial charge in [-0.3, -0.25) is 4.68 Å². The van der Waals surface area contributed by atoms with E-state index in [9.17, 15) is 8.42 Å². The fourth-order valence-corrected chi connectivity index (χ4v) is 4.68. The van der Waals surface area contributed by atoms with Crippen LogP contribution in [-0.2, 0) is 21.8 Å². The number of methoxy groups -OCH3 is 1. The third kappa shape index (κ3) is 2.89. The van der Waals surface area contributed by atoms with E-state index in [0.29, 0.717) is 18.0 Å². The Labute approximate surface area is 135 Å². The van der Waals surface area contributed by atoms with Gasteiger partial charge in [-0.05, 0) is 18.6 Å². The van der Waals surface area contributed by atoms with Crippen LogP contribution in [0.25, 0.3) is 0 Å². The number of rotatable bonds is 4. The smallest absolute Gasteiger partial charge is 0.243 e. The maximum atomic E-state index is 12.9. The van der Waals surface area contributed by atoms with Gasteiger partial charge in [-0.25, -0.2) is 8.42 Å². The Morgan fingerprint density at radius 2 is 2.00 bits per heavy atom. The molecule has 2 heterocycles. The van der Waals surface area contributed by atoms with Crippen LogP contribution in [0.15, 0.2) is 35.4 Å². The summed E-state index contributed by atoms with van der Waals surface area (Å²) >= 11 is 0. The molecule has 0 bridgehead atoms. The fraction of sp³-hybridized carbons (Fsp3) is 0.467. The monoisotopic (exact) mass is 336 g/mol. The van der Waals surface area contributed by atoms with E-state index in [2.05, 4.69) is 10.3 Å². The van der Waals surface area contributed by atoms with Crippen LogP contribution in [0.3, 0.4) is 0 Å². The lowest BCUT2D eigenvalue weighted by Crippen LogP contribution is -2.30. The lowest BCUT2D eigenvalue weighted by molar-refractivity contribution is 0.101. The molecule has 1 saturated heterocycles. The van der Waals surface area contributed by atoms with Gasteiger partial charge in [0.2, 0.25) is 10.0 Å². The molecule has 7 nitrogen and oxygen atoms in total. The molecule has 1 aromatic carbocycles. The van der Waals surface area contributed by atoms with Crippen LogP contribution < -0.4 is 0 Å². The van der Waals surface area contributed by atoms with E-state index in [-0.39, 0.29) is 12.0 Å². The van der Waals surface area contributed by atoms with Crippen LogP contribution in [0.4, 0.5) is 0 Å². The molecular weight excluding hydrogens is 316 g/mol. The highest BCUT2D eigenvalue weighted by Gasteiger charge is 2.41. The van der Waals surface area contributed by atoms with Crippen molar-refractivity contribution in [1.29, 1.82) is 0 Å². The van der Waals surface area contributed by atoms with E-state index in [1.54, 1.807) is 50.2 Å². The third-order valence-electron chi connectivity index (χ3n) is 4.25. The molecule has 0 aliphatic carbocycles. The number of benzene rings is 1. The van der Waals surface area contributed by atoms with Gasteiger partial charge in [0.15, 0.2) is 0 Å². The van der Waals surface area contributed by atoms with Gasteiger partial charge in [0.1, 0.15) is 0 Å². The minimum absolute atomic E-state index is 0.118. The summed E-state index contributed by atoms with van der Waals surface area (Å²) in [5, 5.41) is 8.05. The molecular formula is C15H20N4O3S. The van der Waals surface area contributed by atoms with Crippen molar-refractivity contribution in [2.24, 2.45) is 7.05 Å². The minimum Gasteiger partial charge on any atom is -0.379 e. The molecule has 0 amide bonds. The summed E-state index contributed by atoms with van der Waals surface area (Å²) in [6.07, 6.45) is 1.58. The van der Waals surface area contributed by atoms with E-state index in [0.717, 1.165) is 11.3 Å². The van der Waals surface area contributed by atoms with E-state index < -0.39 is 10.0 Å². The second-order valence-electron chi connectivity index (χ2n) is 5.79. The first-order valence-electron chi connectivity index (χ1n) is 7.38. The van der Waals surface area contributed by atoms with Crippen molar-refractivity contribution in [2.75, 3.05) is 20.2 Å². The summed E-state index contributed by atoms with van der Waals surface area (Å²) in [4.78, 5) is 0.342. The number of ether oxygens (including phenoxy) is 1. The molecule has 3 rings (SSSR count). The quantitative estimate of drug-likeness (QED) is 0.830. The SMILES string of the molecule is CO[C@@H]1CN(S(=O)(=O)c2ccccc2C)C[C@H]1c1cn(C)nn1. The zero-order valence-corrected chi connectivity index (χ0v) is 14.2. The summed E-state index contributed by atoms with van der Waals surface area (Å²) in [7, 11) is -0.166. The van der Waals surface area contributed by atoms with Crippen molar-refractivity contribution in [2.45, 2.75) is 23.8 Å². The van der Waals surface area contributed by atoms with Crippen LogP contribution in [0.1, 0.15) is 17.2 Å². The second-order valence-corrected chi connectivity index (χ2v) is 7.69. The largest absolute Gasteiger partial charge is 0.379 e. The number of sulfonamides is 1. The molecule has 1 aliphatic rings. The van der Waals surface area contributed by atoms with Crippen molar-refractivity contribution < 1.29 is 13.2 Å².